The van der Waals surface area contributed by atoms with E-state index in [0.717, 1.165) is 5.75 Å². The van der Waals surface area contributed by atoms with Crippen LogP contribution in [-0.2, 0) is 18.0 Å². The highest BCUT2D eigenvalue weighted by Crippen LogP contribution is 2.34. The van der Waals surface area contributed by atoms with E-state index in [1.807, 2.05) is 0 Å². The topological polar surface area (TPSA) is 62.9 Å². The highest BCUT2D eigenvalue weighted by Gasteiger charge is 2.48. The zero-order valence-electron chi connectivity index (χ0n) is 18.4. The molecule has 2 N–H and O–H groups in total. The Morgan fingerprint density at radius 1 is 0.846 bits per heavy atom. The fraction of sp³-hybridized carbons (Fsp3) is 1.00. The molecule has 0 aliphatic carbocycles. The summed E-state index contributed by atoms with van der Waals surface area (Å²) in [5.74, 6) is 0.958. The van der Waals surface area contributed by atoms with Crippen molar-refractivity contribution in [2.45, 2.75) is 95.6 Å². The van der Waals surface area contributed by atoms with Crippen LogP contribution in [0, 0.1) is 0 Å². The average Bonchev–Trinajstić information content (AvgIpc) is 2.41. The summed E-state index contributed by atoms with van der Waals surface area (Å²) in [5, 5.41) is 0. The Hall–Kier alpha value is 0.801. The second-order valence-corrected chi connectivity index (χ2v) is 24.7. The number of rotatable bonds is 9. The van der Waals surface area contributed by atoms with E-state index >= 15 is 0 Å². The Morgan fingerprint density at radius 2 is 1.35 bits per heavy atom. The summed E-state index contributed by atoms with van der Waals surface area (Å²) in [6.45, 7) is 22.5. The van der Waals surface area contributed by atoms with Gasteiger partial charge in [-0.05, 0) is 64.7 Å². The van der Waals surface area contributed by atoms with Crippen LogP contribution >= 0.6 is 11.8 Å². The van der Waals surface area contributed by atoms with E-state index in [2.05, 4.69) is 65.8 Å². The van der Waals surface area contributed by atoms with E-state index in [4.69, 9.17) is 23.7 Å². The smallest absolute Gasteiger partial charge is 0.184 e. The molecule has 5 atom stereocenters. The molecule has 0 unspecified atom stereocenters. The molecule has 1 fully saturated rings. The molecule has 26 heavy (non-hydrogen) atoms. The number of nitrogens with two attached hydrogens (primary N) is 1. The maximum absolute atomic E-state index is 6.62. The molecular weight excluding hydrogens is 399 g/mol. The Bertz CT molecular complexity index is 437. The first-order chi connectivity index (χ1) is 11.6. The van der Waals surface area contributed by atoms with Crippen LogP contribution in [-0.4, -0.2) is 67.1 Å². The summed E-state index contributed by atoms with van der Waals surface area (Å²) < 4.78 is 25.7. The molecule has 1 heterocycles. The van der Waals surface area contributed by atoms with Gasteiger partial charge in [-0.2, -0.15) is 0 Å². The first-order valence-corrected chi connectivity index (χ1v) is 20.9. The first kappa shape index (κ1) is 24.8. The van der Waals surface area contributed by atoms with E-state index < -0.39 is 25.0 Å². The standard InChI is InChI=1S/C17H41NO4SSi3/c1-11-23-17-14(18)16(22-26(8,9)10)15(21-25(5,6)7)13(20-17)12-19-24(2,3)4/h13-17H,11-12,18H2,1-10H3/t13-,14-,15-,16-,17+/m1/s1. The molecule has 0 amide bonds. The lowest BCUT2D eigenvalue weighted by Crippen LogP contribution is -2.66. The largest absolute Gasteiger partial charge is 0.415 e. The molecule has 0 radical (unpaired) electrons. The highest BCUT2D eigenvalue weighted by molar-refractivity contribution is 7.99. The molecule has 0 aromatic heterocycles. The van der Waals surface area contributed by atoms with Gasteiger partial charge in [-0.25, -0.2) is 0 Å². The van der Waals surface area contributed by atoms with Gasteiger partial charge in [-0.15, -0.1) is 11.8 Å². The summed E-state index contributed by atoms with van der Waals surface area (Å²) in [7, 11) is -5.24. The fourth-order valence-electron chi connectivity index (χ4n) is 2.81. The first-order valence-electron chi connectivity index (χ1n) is 9.65. The average molecular weight is 440 g/mol. The van der Waals surface area contributed by atoms with E-state index in [1.165, 1.54) is 0 Å². The van der Waals surface area contributed by atoms with Crippen molar-refractivity contribution in [1.29, 1.82) is 0 Å². The van der Waals surface area contributed by atoms with Crippen LogP contribution in [0.5, 0.6) is 0 Å². The van der Waals surface area contributed by atoms with Gasteiger partial charge < -0.3 is 23.7 Å². The van der Waals surface area contributed by atoms with Gasteiger partial charge >= 0.3 is 0 Å². The molecule has 0 spiro atoms. The third-order valence-electron chi connectivity index (χ3n) is 3.68. The summed E-state index contributed by atoms with van der Waals surface area (Å²) in [5.41, 5.74) is 6.54. The number of hydrogen-bond acceptors (Lipinski definition) is 6. The minimum atomic E-state index is -1.80. The van der Waals surface area contributed by atoms with Crippen molar-refractivity contribution in [2.75, 3.05) is 12.4 Å². The lowest BCUT2D eigenvalue weighted by molar-refractivity contribution is -0.152. The summed E-state index contributed by atoms with van der Waals surface area (Å²) in [6.07, 6.45) is -0.464. The molecule has 0 aromatic carbocycles. The van der Waals surface area contributed by atoms with Crippen LogP contribution in [0.25, 0.3) is 0 Å². The fourth-order valence-corrected chi connectivity index (χ4v) is 6.61. The van der Waals surface area contributed by atoms with Gasteiger partial charge in [0, 0.05) is 0 Å². The third kappa shape index (κ3) is 8.87. The second kappa shape index (κ2) is 9.53. The lowest BCUT2D eigenvalue weighted by atomic mass is 9.99. The van der Waals surface area contributed by atoms with E-state index in [0.29, 0.717) is 6.61 Å². The number of ether oxygens (including phenoxy) is 1. The van der Waals surface area contributed by atoms with Crippen molar-refractivity contribution >= 4 is 36.7 Å². The zero-order chi connectivity index (χ0) is 20.3. The Kier molecular flexibility index (Phi) is 9.11. The van der Waals surface area contributed by atoms with Crippen molar-refractivity contribution in [1.82, 2.24) is 0 Å². The Balaban J connectivity index is 3.14. The highest BCUT2D eigenvalue weighted by atomic mass is 32.2. The van der Waals surface area contributed by atoms with Gasteiger partial charge in [0.2, 0.25) is 0 Å². The monoisotopic (exact) mass is 439 g/mol. The van der Waals surface area contributed by atoms with Gasteiger partial charge in [0.15, 0.2) is 25.0 Å². The molecule has 1 aliphatic rings. The van der Waals surface area contributed by atoms with Gasteiger partial charge in [0.25, 0.3) is 0 Å². The second-order valence-electron chi connectivity index (χ2n) is 9.89. The lowest BCUT2D eigenvalue weighted by Gasteiger charge is -2.49. The molecule has 156 valence electrons. The summed E-state index contributed by atoms with van der Waals surface area (Å²) in [6, 6.07) is -0.198. The normalized spacial score (nSPS) is 31.3. The van der Waals surface area contributed by atoms with E-state index in [-0.39, 0.29) is 29.8 Å². The predicted octanol–water partition coefficient (Wildman–Crippen LogP) is 4.08. The Morgan fingerprint density at radius 3 is 1.77 bits per heavy atom. The van der Waals surface area contributed by atoms with Crippen LogP contribution in [0.15, 0.2) is 0 Å². The molecule has 1 aliphatic heterocycles. The van der Waals surface area contributed by atoms with Crippen LogP contribution in [0.1, 0.15) is 6.92 Å². The van der Waals surface area contributed by atoms with E-state index in [9.17, 15) is 0 Å². The maximum Gasteiger partial charge on any atom is 0.184 e. The zero-order valence-corrected chi connectivity index (χ0v) is 22.2. The third-order valence-corrected chi connectivity index (χ3v) is 7.76. The van der Waals surface area contributed by atoms with Gasteiger partial charge in [0.1, 0.15) is 11.5 Å². The molecule has 5 nitrogen and oxygen atoms in total. The minimum absolute atomic E-state index is 0.0851. The molecule has 9 heteroatoms. The quantitative estimate of drug-likeness (QED) is 0.546. The van der Waals surface area contributed by atoms with Crippen molar-refractivity contribution in [3.63, 3.8) is 0 Å². The minimum Gasteiger partial charge on any atom is -0.415 e. The van der Waals surface area contributed by atoms with Crippen LogP contribution in [0.2, 0.25) is 58.9 Å². The van der Waals surface area contributed by atoms with Crippen molar-refractivity contribution in [2.24, 2.45) is 5.73 Å². The SMILES string of the molecule is CCS[C@@H]1O[C@H](CO[Si](C)(C)C)[C@@H](O[Si](C)(C)C)[C@H](O[Si](C)(C)C)[C@H]1N. The number of hydrogen-bond donors (Lipinski definition) is 1. The molecule has 1 saturated heterocycles. The van der Waals surface area contributed by atoms with Crippen molar-refractivity contribution in [3.05, 3.63) is 0 Å². The molecule has 1 rings (SSSR count). The Labute approximate surface area is 168 Å². The van der Waals surface area contributed by atoms with Gasteiger partial charge in [-0.3, -0.25) is 0 Å². The van der Waals surface area contributed by atoms with Crippen molar-refractivity contribution in [3.8, 4) is 0 Å². The summed E-state index contributed by atoms with van der Waals surface area (Å²) in [4.78, 5) is 0. The summed E-state index contributed by atoms with van der Waals surface area (Å²) >= 11 is 1.75. The van der Waals surface area contributed by atoms with Crippen LogP contribution < -0.4 is 5.73 Å². The molecule has 0 aromatic rings. The van der Waals surface area contributed by atoms with E-state index in [1.54, 1.807) is 11.8 Å². The van der Waals surface area contributed by atoms with Crippen LogP contribution in [0.4, 0.5) is 0 Å². The van der Waals surface area contributed by atoms with Gasteiger partial charge in [0.05, 0.1) is 24.9 Å². The molecule has 0 bridgehead atoms. The predicted molar refractivity (Wildman–Crippen MR) is 121 cm³/mol. The molecular formula is C17H41NO4SSi3. The molecule has 0 saturated carbocycles. The van der Waals surface area contributed by atoms with Crippen LogP contribution in [0.3, 0.4) is 0 Å². The van der Waals surface area contributed by atoms with Crippen molar-refractivity contribution < 1.29 is 18.0 Å². The van der Waals surface area contributed by atoms with Gasteiger partial charge in [-0.1, -0.05) is 6.92 Å². The maximum atomic E-state index is 6.62. The number of thioether (sulfide) groups is 1.